The molecule has 2 aromatic rings. The van der Waals surface area contributed by atoms with Crippen LogP contribution in [0, 0.1) is 6.92 Å². The summed E-state index contributed by atoms with van der Waals surface area (Å²) in [6, 6.07) is 5.49. The highest BCUT2D eigenvalue weighted by atomic mass is 32.2. The average Bonchev–Trinajstić information content (AvgIpc) is 3.16. The van der Waals surface area contributed by atoms with Crippen molar-refractivity contribution in [2.24, 2.45) is 0 Å². The zero-order valence-corrected chi connectivity index (χ0v) is 14.4. The number of nitrogens with zero attached hydrogens (tertiary/aromatic N) is 5. The summed E-state index contributed by atoms with van der Waals surface area (Å²) >= 11 is 0. The molecule has 1 fully saturated rings. The quantitative estimate of drug-likeness (QED) is 0.849. The molecule has 0 bridgehead atoms. The van der Waals surface area contributed by atoms with Crippen molar-refractivity contribution in [1.82, 2.24) is 23.1 Å². The lowest BCUT2D eigenvalue weighted by Crippen LogP contribution is -2.39. The minimum absolute atomic E-state index is 0.217. The van der Waals surface area contributed by atoms with Crippen molar-refractivity contribution in [1.29, 1.82) is 0 Å². The fraction of sp³-hybridized carbons (Fsp3) is 0.467. The summed E-state index contributed by atoms with van der Waals surface area (Å²) in [5.74, 6) is 1.60. The lowest BCUT2D eigenvalue weighted by molar-refractivity contribution is 0.358. The van der Waals surface area contributed by atoms with Gasteiger partial charge in [-0.3, -0.25) is 4.57 Å². The Labute approximate surface area is 136 Å². The molecule has 0 aromatic carbocycles. The normalized spacial score (nSPS) is 19.6. The fourth-order valence-corrected chi connectivity index (χ4v) is 4.22. The fourth-order valence-electron chi connectivity index (χ4n) is 2.90. The van der Waals surface area contributed by atoms with Crippen LogP contribution in [0.5, 0.6) is 0 Å². The van der Waals surface area contributed by atoms with Crippen LogP contribution in [0.25, 0.3) is 5.82 Å². The van der Waals surface area contributed by atoms with Gasteiger partial charge < -0.3 is 0 Å². The van der Waals surface area contributed by atoms with E-state index < -0.39 is 10.2 Å². The van der Waals surface area contributed by atoms with Crippen LogP contribution in [0.2, 0.25) is 0 Å². The summed E-state index contributed by atoms with van der Waals surface area (Å²) in [5.41, 5.74) is 0.776. The molecule has 23 heavy (non-hydrogen) atoms. The van der Waals surface area contributed by atoms with Crippen molar-refractivity contribution >= 4 is 10.2 Å². The van der Waals surface area contributed by atoms with Crippen molar-refractivity contribution < 1.29 is 8.42 Å². The van der Waals surface area contributed by atoms with Gasteiger partial charge in [-0.2, -0.15) is 17.0 Å². The maximum atomic E-state index is 12.5. The van der Waals surface area contributed by atoms with Crippen molar-refractivity contribution in [3.05, 3.63) is 42.1 Å². The van der Waals surface area contributed by atoms with Gasteiger partial charge >= 0.3 is 0 Å². The molecule has 0 radical (unpaired) electrons. The van der Waals surface area contributed by atoms with Gasteiger partial charge in [-0.05, 0) is 31.9 Å². The van der Waals surface area contributed by atoms with Crippen LogP contribution in [0.4, 0.5) is 0 Å². The van der Waals surface area contributed by atoms with E-state index in [1.165, 1.54) is 4.31 Å². The van der Waals surface area contributed by atoms with Gasteiger partial charge in [-0.1, -0.05) is 6.07 Å². The van der Waals surface area contributed by atoms with Crippen LogP contribution in [0.1, 0.15) is 30.4 Å². The van der Waals surface area contributed by atoms with Gasteiger partial charge in [0.15, 0.2) is 0 Å². The summed E-state index contributed by atoms with van der Waals surface area (Å²) in [4.78, 5) is 8.89. The number of hydrogen-bond acceptors (Lipinski definition) is 4. The first-order valence-electron chi connectivity index (χ1n) is 7.58. The van der Waals surface area contributed by atoms with Crippen molar-refractivity contribution in [3.8, 4) is 5.82 Å². The molecule has 7 nitrogen and oxygen atoms in total. The lowest BCUT2D eigenvalue weighted by Gasteiger charge is -2.26. The Morgan fingerprint density at radius 1 is 1.30 bits per heavy atom. The standard InChI is InChI=1S/C15H21N5O2S/c1-12-16-9-11-19(12)15-8-4-6-13(17-15)14-7-5-10-20(14)23(21,22)18(2)3/h4,6,8-9,11,14H,5,7,10H2,1-3H3. The van der Waals surface area contributed by atoms with E-state index in [4.69, 9.17) is 0 Å². The second-order valence-electron chi connectivity index (χ2n) is 5.82. The molecule has 0 spiro atoms. The summed E-state index contributed by atoms with van der Waals surface area (Å²) in [6.45, 7) is 2.44. The van der Waals surface area contributed by atoms with Crippen LogP contribution >= 0.6 is 0 Å². The molecule has 1 aliphatic rings. The Bertz CT molecular complexity index is 800. The van der Waals surface area contributed by atoms with Crippen molar-refractivity contribution in [2.75, 3.05) is 20.6 Å². The predicted molar refractivity (Wildman–Crippen MR) is 87.4 cm³/mol. The first-order valence-corrected chi connectivity index (χ1v) is 8.97. The summed E-state index contributed by atoms with van der Waals surface area (Å²) in [5, 5.41) is 0. The molecule has 3 rings (SSSR count). The molecule has 1 aliphatic heterocycles. The number of rotatable bonds is 4. The summed E-state index contributed by atoms with van der Waals surface area (Å²) in [6.07, 6.45) is 5.20. The molecule has 8 heteroatoms. The molecule has 1 saturated heterocycles. The van der Waals surface area contributed by atoms with E-state index in [1.54, 1.807) is 24.6 Å². The van der Waals surface area contributed by atoms with Gasteiger partial charge in [0, 0.05) is 33.0 Å². The molecule has 1 unspecified atom stereocenters. The Kier molecular flexibility index (Phi) is 4.22. The average molecular weight is 335 g/mol. The molecular formula is C15H21N5O2S. The maximum Gasteiger partial charge on any atom is 0.282 e. The Morgan fingerprint density at radius 2 is 2.09 bits per heavy atom. The van der Waals surface area contributed by atoms with Gasteiger partial charge in [0.1, 0.15) is 11.6 Å². The van der Waals surface area contributed by atoms with Crippen LogP contribution < -0.4 is 0 Å². The smallest absolute Gasteiger partial charge is 0.282 e. The van der Waals surface area contributed by atoms with Crippen LogP contribution in [0.3, 0.4) is 0 Å². The number of aromatic nitrogens is 3. The monoisotopic (exact) mass is 335 g/mol. The SMILES string of the molecule is Cc1nccn1-c1cccc(C2CCCN2S(=O)(=O)N(C)C)n1. The minimum Gasteiger partial charge on any atom is -0.288 e. The molecule has 0 N–H and O–H groups in total. The number of aryl methyl sites for hydroxylation is 1. The first kappa shape index (κ1) is 16.1. The topological polar surface area (TPSA) is 71.3 Å². The van der Waals surface area contributed by atoms with Crippen molar-refractivity contribution in [2.45, 2.75) is 25.8 Å². The highest BCUT2D eigenvalue weighted by Gasteiger charge is 2.37. The zero-order valence-electron chi connectivity index (χ0n) is 13.5. The third kappa shape index (κ3) is 2.89. The highest BCUT2D eigenvalue weighted by Crippen LogP contribution is 2.34. The van der Waals surface area contributed by atoms with Crippen LogP contribution in [0.15, 0.2) is 30.6 Å². The third-order valence-electron chi connectivity index (χ3n) is 4.13. The zero-order chi connectivity index (χ0) is 16.6. The second kappa shape index (κ2) is 6.03. The molecule has 0 amide bonds. The minimum atomic E-state index is -3.44. The molecule has 0 saturated carbocycles. The van der Waals surface area contributed by atoms with E-state index in [0.29, 0.717) is 6.54 Å². The summed E-state index contributed by atoms with van der Waals surface area (Å²) in [7, 11) is -0.323. The largest absolute Gasteiger partial charge is 0.288 e. The Hall–Kier alpha value is -1.77. The van der Waals surface area contributed by atoms with E-state index >= 15 is 0 Å². The molecule has 0 aliphatic carbocycles. The number of pyridine rings is 1. The predicted octanol–water partition coefficient (Wildman–Crippen LogP) is 1.52. The van der Waals surface area contributed by atoms with E-state index in [9.17, 15) is 8.42 Å². The Balaban J connectivity index is 1.97. The lowest BCUT2D eigenvalue weighted by atomic mass is 10.1. The first-order chi connectivity index (χ1) is 10.9. The van der Waals surface area contributed by atoms with E-state index in [2.05, 4.69) is 9.97 Å². The Morgan fingerprint density at radius 3 is 2.74 bits per heavy atom. The summed E-state index contributed by atoms with van der Waals surface area (Å²) < 4.78 is 29.7. The van der Waals surface area contributed by atoms with E-state index in [0.717, 1.165) is 30.2 Å². The van der Waals surface area contributed by atoms with Gasteiger partial charge in [-0.15, -0.1) is 0 Å². The number of hydrogen-bond donors (Lipinski definition) is 0. The third-order valence-corrected chi connectivity index (χ3v) is 6.08. The van der Waals surface area contributed by atoms with Crippen molar-refractivity contribution in [3.63, 3.8) is 0 Å². The van der Waals surface area contributed by atoms with E-state index in [1.807, 2.05) is 35.9 Å². The maximum absolute atomic E-state index is 12.5. The van der Waals surface area contributed by atoms with Crippen LogP contribution in [-0.4, -0.2) is 52.2 Å². The molecular weight excluding hydrogens is 314 g/mol. The van der Waals surface area contributed by atoms with E-state index in [-0.39, 0.29) is 6.04 Å². The van der Waals surface area contributed by atoms with Gasteiger partial charge in [-0.25, -0.2) is 9.97 Å². The highest BCUT2D eigenvalue weighted by molar-refractivity contribution is 7.86. The molecule has 1 atom stereocenters. The van der Waals surface area contributed by atoms with Gasteiger partial charge in [0.25, 0.3) is 10.2 Å². The van der Waals surface area contributed by atoms with Crippen LogP contribution in [-0.2, 0) is 10.2 Å². The van der Waals surface area contributed by atoms with Gasteiger partial charge in [0.05, 0.1) is 11.7 Å². The molecule has 124 valence electrons. The molecule has 3 heterocycles. The molecule has 2 aromatic heterocycles. The second-order valence-corrected chi connectivity index (χ2v) is 7.92. The number of imidazole rings is 1. The van der Waals surface area contributed by atoms with Gasteiger partial charge in [0.2, 0.25) is 0 Å².